The van der Waals surface area contributed by atoms with Crippen LogP contribution in [0.5, 0.6) is 0 Å². The maximum Gasteiger partial charge on any atom is 0.259 e. The Kier molecular flexibility index (Phi) is 3.27. The Bertz CT molecular complexity index is 519. The molecule has 1 unspecified atom stereocenters. The van der Waals surface area contributed by atoms with Crippen LogP contribution in [0.2, 0.25) is 0 Å². The van der Waals surface area contributed by atoms with E-state index in [0.29, 0.717) is 6.04 Å². The summed E-state index contributed by atoms with van der Waals surface area (Å²) in [5.74, 6) is 0.876. The molecule has 96 valence electrons. The van der Waals surface area contributed by atoms with Gasteiger partial charge in [0.15, 0.2) is 5.03 Å². The molecule has 17 heavy (non-hydrogen) atoms. The first-order valence-electron chi connectivity index (χ1n) is 6.04. The monoisotopic (exact) mass is 257 g/mol. The minimum atomic E-state index is -3.43. The standard InChI is InChI=1S/C11H19N3O2S/c1-4-10-13-11(17(15,16)12-3)9-7-5-6-8(2)14(9)10/h8,12H,4-7H2,1-3H3. The Morgan fingerprint density at radius 1 is 1.53 bits per heavy atom. The summed E-state index contributed by atoms with van der Waals surface area (Å²) in [6.45, 7) is 4.13. The molecule has 0 radical (unpaired) electrons. The van der Waals surface area contributed by atoms with Gasteiger partial charge in [0.05, 0.1) is 5.69 Å². The van der Waals surface area contributed by atoms with Gasteiger partial charge in [-0.05, 0) is 33.2 Å². The zero-order chi connectivity index (χ0) is 12.6. The molecule has 0 aromatic carbocycles. The maximum absolute atomic E-state index is 11.9. The predicted molar refractivity (Wildman–Crippen MR) is 65.5 cm³/mol. The molecule has 0 fully saturated rings. The normalized spacial score (nSPS) is 20.3. The minimum absolute atomic E-state index is 0.225. The van der Waals surface area contributed by atoms with Crippen molar-refractivity contribution in [3.63, 3.8) is 0 Å². The van der Waals surface area contributed by atoms with Gasteiger partial charge in [0.1, 0.15) is 5.82 Å². The van der Waals surface area contributed by atoms with E-state index in [9.17, 15) is 8.42 Å². The number of sulfonamides is 1. The average molecular weight is 257 g/mol. The van der Waals surface area contributed by atoms with Crippen LogP contribution in [-0.4, -0.2) is 25.0 Å². The van der Waals surface area contributed by atoms with Gasteiger partial charge in [0.25, 0.3) is 10.0 Å². The van der Waals surface area contributed by atoms with E-state index in [1.807, 2.05) is 6.92 Å². The van der Waals surface area contributed by atoms with Crippen molar-refractivity contribution in [2.75, 3.05) is 7.05 Å². The molecule has 6 heteroatoms. The molecule has 1 aromatic rings. The fourth-order valence-electron chi connectivity index (χ4n) is 2.50. The van der Waals surface area contributed by atoms with Gasteiger partial charge >= 0.3 is 0 Å². The highest BCUT2D eigenvalue weighted by Gasteiger charge is 2.29. The summed E-state index contributed by atoms with van der Waals surface area (Å²) in [6, 6.07) is 0.349. The highest BCUT2D eigenvalue weighted by Crippen LogP contribution is 2.30. The van der Waals surface area contributed by atoms with Gasteiger partial charge in [-0.2, -0.15) is 0 Å². The van der Waals surface area contributed by atoms with Crippen molar-refractivity contribution < 1.29 is 8.42 Å². The van der Waals surface area contributed by atoms with Crippen LogP contribution in [0, 0.1) is 0 Å². The summed E-state index contributed by atoms with van der Waals surface area (Å²) in [6.07, 6.45) is 3.68. The number of hydrogen-bond acceptors (Lipinski definition) is 3. The van der Waals surface area contributed by atoms with Crippen LogP contribution in [-0.2, 0) is 22.9 Å². The van der Waals surface area contributed by atoms with E-state index in [4.69, 9.17) is 0 Å². The largest absolute Gasteiger partial charge is 0.328 e. The van der Waals surface area contributed by atoms with E-state index < -0.39 is 10.0 Å². The topological polar surface area (TPSA) is 64.0 Å². The second-order valence-electron chi connectivity index (χ2n) is 4.45. The molecule has 0 amide bonds. The fraction of sp³-hybridized carbons (Fsp3) is 0.727. The SMILES string of the molecule is CCc1nc(S(=O)(=O)NC)c2n1C(C)CCC2. The van der Waals surface area contributed by atoms with Crippen molar-refractivity contribution in [3.05, 3.63) is 11.5 Å². The molecule has 1 aliphatic rings. The first-order valence-corrected chi connectivity index (χ1v) is 7.53. The van der Waals surface area contributed by atoms with Crippen molar-refractivity contribution in [1.29, 1.82) is 0 Å². The van der Waals surface area contributed by atoms with Gasteiger partial charge in [0.2, 0.25) is 0 Å². The molecule has 5 nitrogen and oxygen atoms in total. The zero-order valence-electron chi connectivity index (χ0n) is 10.5. The van der Waals surface area contributed by atoms with Gasteiger partial charge < -0.3 is 4.57 Å². The Balaban J connectivity index is 2.64. The number of rotatable bonds is 3. The van der Waals surface area contributed by atoms with Crippen LogP contribution in [0.4, 0.5) is 0 Å². The van der Waals surface area contributed by atoms with Crippen molar-refractivity contribution in [2.45, 2.75) is 50.6 Å². The van der Waals surface area contributed by atoms with Crippen molar-refractivity contribution in [2.24, 2.45) is 0 Å². The van der Waals surface area contributed by atoms with E-state index in [1.165, 1.54) is 7.05 Å². The molecule has 0 aliphatic carbocycles. The van der Waals surface area contributed by atoms with Crippen LogP contribution in [0.25, 0.3) is 0 Å². The number of aryl methyl sites for hydroxylation is 1. The van der Waals surface area contributed by atoms with Crippen molar-refractivity contribution in [1.82, 2.24) is 14.3 Å². The lowest BCUT2D eigenvalue weighted by atomic mass is 10.0. The first kappa shape index (κ1) is 12.6. The zero-order valence-corrected chi connectivity index (χ0v) is 11.3. The molecule has 1 N–H and O–H groups in total. The van der Waals surface area contributed by atoms with E-state index >= 15 is 0 Å². The second kappa shape index (κ2) is 4.42. The Morgan fingerprint density at radius 2 is 2.24 bits per heavy atom. The van der Waals surface area contributed by atoms with E-state index in [2.05, 4.69) is 21.2 Å². The molecule has 0 saturated carbocycles. The Morgan fingerprint density at radius 3 is 2.82 bits per heavy atom. The average Bonchev–Trinajstić information content (AvgIpc) is 2.70. The highest BCUT2D eigenvalue weighted by molar-refractivity contribution is 7.89. The fourth-order valence-corrected chi connectivity index (χ4v) is 3.43. The van der Waals surface area contributed by atoms with Gasteiger partial charge in [0, 0.05) is 12.5 Å². The lowest BCUT2D eigenvalue weighted by Crippen LogP contribution is -2.23. The van der Waals surface area contributed by atoms with Gasteiger partial charge in [-0.25, -0.2) is 18.1 Å². The summed E-state index contributed by atoms with van der Waals surface area (Å²) in [4.78, 5) is 4.32. The number of aromatic nitrogens is 2. The summed E-state index contributed by atoms with van der Waals surface area (Å²) < 4.78 is 28.3. The summed E-state index contributed by atoms with van der Waals surface area (Å²) in [7, 11) is -2.00. The molecule has 2 heterocycles. The summed E-state index contributed by atoms with van der Waals surface area (Å²) in [5.41, 5.74) is 0.870. The van der Waals surface area contributed by atoms with Crippen molar-refractivity contribution >= 4 is 10.0 Å². The van der Waals surface area contributed by atoms with E-state index in [1.54, 1.807) is 0 Å². The van der Waals surface area contributed by atoms with Crippen LogP contribution >= 0.6 is 0 Å². The summed E-state index contributed by atoms with van der Waals surface area (Å²) >= 11 is 0. The minimum Gasteiger partial charge on any atom is -0.328 e. The van der Waals surface area contributed by atoms with Gasteiger partial charge in [-0.1, -0.05) is 6.92 Å². The second-order valence-corrected chi connectivity index (χ2v) is 6.25. The van der Waals surface area contributed by atoms with Crippen LogP contribution in [0.3, 0.4) is 0 Å². The summed E-state index contributed by atoms with van der Waals surface area (Å²) in [5, 5.41) is 0.225. The van der Waals surface area contributed by atoms with Gasteiger partial charge in [-0.15, -0.1) is 0 Å². The lowest BCUT2D eigenvalue weighted by molar-refractivity contribution is 0.416. The van der Waals surface area contributed by atoms with Gasteiger partial charge in [-0.3, -0.25) is 0 Å². The number of imidazole rings is 1. The van der Waals surface area contributed by atoms with Crippen LogP contribution in [0.15, 0.2) is 5.03 Å². The molecule has 1 atom stereocenters. The Hall–Kier alpha value is -0.880. The molecular formula is C11H19N3O2S. The van der Waals surface area contributed by atoms with E-state index in [0.717, 1.165) is 37.2 Å². The quantitative estimate of drug-likeness (QED) is 0.886. The van der Waals surface area contributed by atoms with E-state index in [-0.39, 0.29) is 5.03 Å². The number of nitrogens with zero attached hydrogens (tertiary/aromatic N) is 2. The number of hydrogen-bond donors (Lipinski definition) is 1. The number of nitrogens with one attached hydrogen (secondary N) is 1. The molecule has 1 aromatic heterocycles. The van der Waals surface area contributed by atoms with Crippen LogP contribution < -0.4 is 4.72 Å². The van der Waals surface area contributed by atoms with Crippen molar-refractivity contribution in [3.8, 4) is 0 Å². The molecular weight excluding hydrogens is 238 g/mol. The molecule has 0 saturated heterocycles. The third kappa shape index (κ3) is 1.99. The maximum atomic E-state index is 11.9. The predicted octanol–water partition coefficient (Wildman–Crippen LogP) is 1.25. The number of fused-ring (bicyclic) bond motifs is 1. The Labute approximate surface area is 102 Å². The first-order chi connectivity index (χ1) is 8.01. The smallest absolute Gasteiger partial charge is 0.259 e. The van der Waals surface area contributed by atoms with Crippen LogP contribution in [0.1, 0.15) is 44.2 Å². The molecule has 0 bridgehead atoms. The third-order valence-electron chi connectivity index (χ3n) is 3.36. The molecule has 2 rings (SSSR count). The highest BCUT2D eigenvalue weighted by atomic mass is 32.2. The molecule has 0 spiro atoms. The third-order valence-corrected chi connectivity index (χ3v) is 4.74. The molecule has 1 aliphatic heterocycles. The lowest BCUT2D eigenvalue weighted by Gasteiger charge is -2.24.